The lowest BCUT2D eigenvalue weighted by Gasteiger charge is -2.19. The van der Waals surface area contributed by atoms with Crippen molar-refractivity contribution in [1.29, 1.82) is 0 Å². The number of halogens is 1. The molecule has 10 heteroatoms. The van der Waals surface area contributed by atoms with Crippen molar-refractivity contribution < 1.29 is 22.7 Å². The number of rotatable bonds is 8. The van der Waals surface area contributed by atoms with E-state index < -0.39 is 10.0 Å². The van der Waals surface area contributed by atoms with Gasteiger partial charge in [0, 0.05) is 11.8 Å². The monoisotopic (exact) mass is 437 g/mol. The molecule has 0 aliphatic carbocycles. The highest BCUT2D eigenvalue weighted by atomic mass is 35.5. The molecule has 1 saturated heterocycles. The molecule has 2 unspecified atom stereocenters. The van der Waals surface area contributed by atoms with Gasteiger partial charge in [0.25, 0.3) is 0 Å². The third kappa shape index (κ3) is 6.09. The van der Waals surface area contributed by atoms with Gasteiger partial charge in [-0.25, -0.2) is 13.1 Å². The van der Waals surface area contributed by atoms with E-state index in [0.29, 0.717) is 30.4 Å². The van der Waals surface area contributed by atoms with Gasteiger partial charge in [-0.05, 0) is 44.1 Å². The van der Waals surface area contributed by atoms with Crippen LogP contribution in [0, 0.1) is 5.92 Å². The van der Waals surface area contributed by atoms with Crippen molar-refractivity contribution in [2.45, 2.75) is 29.9 Å². The minimum atomic E-state index is -3.78. The molecule has 2 rings (SSSR count). The molecule has 1 N–H and O–H groups in total. The van der Waals surface area contributed by atoms with Crippen LogP contribution in [-0.4, -0.2) is 43.8 Å². The molecule has 1 aromatic carbocycles. The smallest absolute Gasteiger partial charge is 0.309 e. The van der Waals surface area contributed by atoms with E-state index in [-0.39, 0.29) is 33.6 Å². The van der Waals surface area contributed by atoms with Gasteiger partial charge in [-0.1, -0.05) is 35.5 Å². The van der Waals surface area contributed by atoms with Crippen molar-refractivity contribution in [2.24, 2.45) is 5.92 Å². The molecule has 144 valence electrons. The van der Waals surface area contributed by atoms with Gasteiger partial charge in [0.1, 0.15) is 4.90 Å². The average Bonchev–Trinajstić information content (AvgIpc) is 2.98. The van der Waals surface area contributed by atoms with Gasteiger partial charge in [-0.3, -0.25) is 4.79 Å². The summed E-state index contributed by atoms with van der Waals surface area (Å²) in [6, 6.07) is 6.21. The predicted octanol–water partition coefficient (Wildman–Crippen LogP) is 2.99. The van der Waals surface area contributed by atoms with Crippen LogP contribution in [0.2, 0.25) is 5.02 Å². The molecule has 0 aromatic heterocycles. The quantitative estimate of drug-likeness (QED) is 0.494. The van der Waals surface area contributed by atoms with E-state index in [1.807, 2.05) is 6.92 Å². The number of sulfonamides is 1. The molecule has 1 aliphatic heterocycles. The Morgan fingerprint density at radius 3 is 2.85 bits per heavy atom. The lowest BCUT2D eigenvalue weighted by atomic mass is 10.0. The van der Waals surface area contributed by atoms with Crippen molar-refractivity contribution in [2.75, 3.05) is 19.8 Å². The number of carbonyl (C=O) groups excluding carboxylic acids is 1. The second kappa shape index (κ2) is 9.89. The number of esters is 1. The first kappa shape index (κ1) is 21.4. The first-order valence-electron chi connectivity index (χ1n) is 8.07. The molecule has 1 aromatic rings. The molecule has 1 fully saturated rings. The van der Waals surface area contributed by atoms with Crippen LogP contribution >= 0.6 is 35.6 Å². The summed E-state index contributed by atoms with van der Waals surface area (Å²) >= 11 is 12.4. The molecule has 0 saturated carbocycles. The Labute approximate surface area is 168 Å². The number of ether oxygens (including phenoxy) is 2. The average molecular weight is 438 g/mol. The molecule has 6 nitrogen and oxygen atoms in total. The van der Waals surface area contributed by atoms with Crippen LogP contribution in [0.4, 0.5) is 0 Å². The number of nitrogens with one attached hydrogen (secondary N) is 1. The highest BCUT2D eigenvalue weighted by Gasteiger charge is 2.31. The fourth-order valence-electron chi connectivity index (χ4n) is 2.47. The molecular weight excluding hydrogens is 418 g/mol. The van der Waals surface area contributed by atoms with E-state index in [4.69, 9.17) is 33.3 Å². The Morgan fingerprint density at radius 2 is 2.23 bits per heavy atom. The van der Waals surface area contributed by atoms with E-state index >= 15 is 0 Å². The van der Waals surface area contributed by atoms with Gasteiger partial charge in [0.05, 0.1) is 24.2 Å². The van der Waals surface area contributed by atoms with Gasteiger partial charge in [-0.2, -0.15) is 0 Å². The van der Waals surface area contributed by atoms with Crippen LogP contribution < -0.4 is 4.72 Å². The van der Waals surface area contributed by atoms with Crippen LogP contribution in [0.3, 0.4) is 0 Å². The van der Waals surface area contributed by atoms with E-state index in [9.17, 15) is 13.2 Å². The third-order valence-electron chi connectivity index (χ3n) is 3.74. The maximum Gasteiger partial charge on any atom is 0.309 e. The Balaban J connectivity index is 2.06. The SMILES string of the molecule is CCOC(=S)SC(CNS(=O)(=O)c1ccccc1Cl)CC1CCOC1=O. The minimum Gasteiger partial charge on any atom is -0.479 e. The van der Waals surface area contributed by atoms with Crippen LogP contribution in [-0.2, 0) is 24.3 Å². The summed E-state index contributed by atoms with van der Waals surface area (Å²) in [5.41, 5.74) is 0. The van der Waals surface area contributed by atoms with Crippen molar-refractivity contribution in [3.63, 3.8) is 0 Å². The van der Waals surface area contributed by atoms with Crippen LogP contribution in [0.5, 0.6) is 0 Å². The Bertz CT molecular complexity index is 756. The van der Waals surface area contributed by atoms with Gasteiger partial charge in [0.15, 0.2) is 0 Å². The lowest BCUT2D eigenvalue weighted by molar-refractivity contribution is -0.141. The molecule has 26 heavy (non-hydrogen) atoms. The zero-order valence-corrected chi connectivity index (χ0v) is 17.3. The fourth-order valence-corrected chi connectivity index (χ4v) is 5.66. The number of cyclic esters (lactones) is 1. The summed E-state index contributed by atoms with van der Waals surface area (Å²) in [6.07, 6.45) is 1.07. The number of carbonyl (C=O) groups is 1. The summed E-state index contributed by atoms with van der Waals surface area (Å²) in [5.74, 6) is -0.520. The Hall–Kier alpha value is -0.870. The topological polar surface area (TPSA) is 81.7 Å². The standard InChI is InChI=1S/C16H20ClNO5S3/c1-2-22-16(24)25-12(9-11-7-8-23-15(11)19)10-18-26(20,21)14-6-4-3-5-13(14)17/h3-6,11-12,18H,2,7-10H2,1H3. The number of thiocarbonyl (C=S) groups is 1. The molecule has 0 spiro atoms. The lowest BCUT2D eigenvalue weighted by Crippen LogP contribution is -2.33. The van der Waals surface area contributed by atoms with Gasteiger partial charge in [-0.15, -0.1) is 0 Å². The second-order valence-corrected chi connectivity index (χ2v) is 9.64. The summed E-state index contributed by atoms with van der Waals surface area (Å²) in [4.78, 5) is 11.7. The largest absolute Gasteiger partial charge is 0.479 e. The normalized spacial score (nSPS) is 18.4. The van der Waals surface area contributed by atoms with E-state index in [1.165, 1.54) is 23.9 Å². The summed E-state index contributed by atoms with van der Waals surface area (Å²) in [7, 11) is -3.78. The predicted molar refractivity (Wildman–Crippen MR) is 106 cm³/mol. The molecule has 2 atom stereocenters. The number of thioether (sulfide) groups is 1. The van der Waals surface area contributed by atoms with Crippen LogP contribution in [0.25, 0.3) is 0 Å². The molecule has 0 bridgehead atoms. The maximum absolute atomic E-state index is 12.5. The van der Waals surface area contributed by atoms with Crippen molar-refractivity contribution in [3.8, 4) is 0 Å². The van der Waals surface area contributed by atoms with Crippen molar-refractivity contribution >= 4 is 56.0 Å². The highest BCUT2D eigenvalue weighted by molar-refractivity contribution is 8.23. The molecule has 1 heterocycles. The van der Waals surface area contributed by atoms with E-state index in [0.717, 1.165) is 0 Å². The van der Waals surface area contributed by atoms with Gasteiger partial charge < -0.3 is 9.47 Å². The first-order valence-corrected chi connectivity index (χ1v) is 11.2. The van der Waals surface area contributed by atoms with Crippen molar-refractivity contribution in [3.05, 3.63) is 29.3 Å². The van der Waals surface area contributed by atoms with Crippen LogP contribution in [0.15, 0.2) is 29.2 Å². The zero-order valence-electron chi connectivity index (χ0n) is 14.1. The minimum absolute atomic E-state index is 0.0121. The van der Waals surface area contributed by atoms with E-state index in [1.54, 1.807) is 12.1 Å². The first-order chi connectivity index (χ1) is 12.3. The molecule has 1 aliphatic rings. The Morgan fingerprint density at radius 1 is 1.50 bits per heavy atom. The van der Waals surface area contributed by atoms with Crippen molar-refractivity contribution in [1.82, 2.24) is 4.72 Å². The Kier molecular flexibility index (Phi) is 8.15. The van der Waals surface area contributed by atoms with E-state index in [2.05, 4.69) is 4.72 Å². The van der Waals surface area contributed by atoms with Gasteiger partial charge in [0.2, 0.25) is 14.4 Å². The number of hydrogen-bond donors (Lipinski definition) is 1. The van der Waals surface area contributed by atoms with Crippen LogP contribution in [0.1, 0.15) is 19.8 Å². The highest BCUT2D eigenvalue weighted by Crippen LogP contribution is 2.28. The number of hydrogen-bond acceptors (Lipinski definition) is 7. The zero-order chi connectivity index (χ0) is 19.2. The second-order valence-electron chi connectivity index (χ2n) is 5.59. The number of benzene rings is 1. The summed E-state index contributed by atoms with van der Waals surface area (Å²) in [6.45, 7) is 2.73. The van der Waals surface area contributed by atoms with Gasteiger partial charge >= 0.3 is 5.97 Å². The molecular formula is C16H20ClNO5S3. The summed E-state index contributed by atoms with van der Waals surface area (Å²) < 4.78 is 38.2. The maximum atomic E-state index is 12.5. The molecule has 0 amide bonds. The molecule has 0 radical (unpaired) electrons. The summed E-state index contributed by atoms with van der Waals surface area (Å²) in [5, 5.41) is -0.115. The fraction of sp³-hybridized carbons (Fsp3) is 0.500. The third-order valence-corrected chi connectivity index (χ3v) is 7.08.